The van der Waals surface area contributed by atoms with E-state index < -0.39 is 0 Å². The van der Waals surface area contributed by atoms with Crippen LogP contribution in [-0.4, -0.2) is 9.55 Å². The molecule has 1 aliphatic rings. The fourth-order valence-corrected chi connectivity index (χ4v) is 2.88. The van der Waals surface area contributed by atoms with Gasteiger partial charge in [0.1, 0.15) is 5.82 Å². The Balaban J connectivity index is 1.85. The Kier molecular flexibility index (Phi) is 4.57. The van der Waals surface area contributed by atoms with Crippen molar-refractivity contribution in [2.24, 2.45) is 18.8 Å². The van der Waals surface area contributed by atoms with Crippen LogP contribution in [0.25, 0.3) is 0 Å². The van der Waals surface area contributed by atoms with Gasteiger partial charge in [0, 0.05) is 19.4 Å². The van der Waals surface area contributed by atoms with Crippen molar-refractivity contribution < 1.29 is 0 Å². The molecule has 1 heterocycles. The number of hydrazine groups is 1. The van der Waals surface area contributed by atoms with E-state index in [1.54, 1.807) is 0 Å². The van der Waals surface area contributed by atoms with Gasteiger partial charge < -0.3 is 4.57 Å². The topological polar surface area (TPSA) is 55.9 Å². The van der Waals surface area contributed by atoms with E-state index in [1.165, 1.54) is 38.5 Å². The molecule has 1 saturated carbocycles. The maximum absolute atomic E-state index is 5.65. The van der Waals surface area contributed by atoms with Crippen LogP contribution in [0.1, 0.15) is 56.8 Å². The first kappa shape index (κ1) is 12.6. The lowest BCUT2D eigenvalue weighted by Crippen LogP contribution is -2.30. The normalized spacial score (nSPS) is 19.4. The number of nitrogens with zero attached hydrogens (tertiary/aromatic N) is 2. The van der Waals surface area contributed by atoms with Gasteiger partial charge in [-0.05, 0) is 18.8 Å². The third-order valence-corrected chi connectivity index (χ3v) is 3.96. The fraction of sp³-hybridized carbons (Fsp3) is 0.769. The first-order valence-corrected chi connectivity index (χ1v) is 6.74. The zero-order valence-corrected chi connectivity index (χ0v) is 10.7. The number of nitrogens with two attached hydrogens (primary N) is 1. The van der Waals surface area contributed by atoms with Gasteiger partial charge in [0.05, 0.1) is 6.04 Å². The predicted molar refractivity (Wildman–Crippen MR) is 69.1 cm³/mol. The average Bonchev–Trinajstić information content (AvgIpc) is 2.78. The molecule has 17 heavy (non-hydrogen) atoms. The summed E-state index contributed by atoms with van der Waals surface area (Å²) in [6.07, 6.45) is 13.2. The number of hydrogen-bond acceptors (Lipinski definition) is 3. The second-order valence-electron chi connectivity index (χ2n) is 5.20. The molecule has 96 valence electrons. The van der Waals surface area contributed by atoms with E-state index >= 15 is 0 Å². The molecule has 0 radical (unpaired) electrons. The van der Waals surface area contributed by atoms with Crippen LogP contribution in [0.4, 0.5) is 0 Å². The molecule has 0 aromatic carbocycles. The summed E-state index contributed by atoms with van der Waals surface area (Å²) in [6, 6.07) is 0.192. The Hall–Kier alpha value is -0.870. The molecule has 1 unspecified atom stereocenters. The van der Waals surface area contributed by atoms with Crippen molar-refractivity contribution in [3.63, 3.8) is 0 Å². The van der Waals surface area contributed by atoms with Gasteiger partial charge in [0.2, 0.25) is 0 Å². The lowest BCUT2D eigenvalue weighted by atomic mass is 9.85. The molecule has 1 aromatic heterocycles. The summed E-state index contributed by atoms with van der Waals surface area (Å²) in [5.41, 5.74) is 2.90. The van der Waals surface area contributed by atoms with Crippen molar-refractivity contribution in [1.82, 2.24) is 15.0 Å². The molecule has 1 atom stereocenters. The minimum absolute atomic E-state index is 0.192. The Morgan fingerprint density at radius 2 is 2.24 bits per heavy atom. The minimum Gasteiger partial charge on any atom is -0.337 e. The summed E-state index contributed by atoms with van der Waals surface area (Å²) in [5, 5.41) is 0. The van der Waals surface area contributed by atoms with Gasteiger partial charge in [-0.25, -0.2) is 10.4 Å². The minimum atomic E-state index is 0.192. The fourth-order valence-electron chi connectivity index (χ4n) is 2.88. The van der Waals surface area contributed by atoms with Crippen LogP contribution < -0.4 is 11.3 Å². The third kappa shape index (κ3) is 3.30. The molecule has 3 N–H and O–H groups in total. The Morgan fingerprint density at radius 3 is 2.82 bits per heavy atom. The maximum Gasteiger partial charge on any atom is 0.126 e. The molecular formula is C13H24N4. The van der Waals surface area contributed by atoms with Crippen LogP contribution in [0.5, 0.6) is 0 Å². The van der Waals surface area contributed by atoms with Crippen LogP contribution in [0.2, 0.25) is 0 Å². The Bertz CT molecular complexity index is 328. The number of imidazole rings is 1. The monoisotopic (exact) mass is 236 g/mol. The van der Waals surface area contributed by atoms with Crippen LogP contribution in [0.15, 0.2) is 12.4 Å². The van der Waals surface area contributed by atoms with Crippen molar-refractivity contribution in [2.75, 3.05) is 0 Å². The number of hydrogen-bond donors (Lipinski definition) is 2. The predicted octanol–water partition coefficient (Wildman–Crippen LogP) is 2.29. The first-order chi connectivity index (χ1) is 8.31. The van der Waals surface area contributed by atoms with Gasteiger partial charge in [-0.15, -0.1) is 0 Å². The van der Waals surface area contributed by atoms with Crippen molar-refractivity contribution in [3.8, 4) is 0 Å². The summed E-state index contributed by atoms with van der Waals surface area (Å²) >= 11 is 0. The highest BCUT2D eigenvalue weighted by Crippen LogP contribution is 2.29. The van der Waals surface area contributed by atoms with Crippen molar-refractivity contribution in [1.29, 1.82) is 0 Å². The summed E-state index contributed by atoms with van der Waals surface area (Å²) in [4.78, 5) is 4.37. The highest BCUT2D eigenvalue weighted by molar-refractivity contribution is 4.98. The van der Waals surface area contributed by atoms with Crippen LogP contribution >= 0.6 is 0 Å². The smallest absolute Gasteiger partial charge is 0.126 e. The summed E-state index contributed by atoms with van der Waals surface area (Å²) in [6.45, 7) is 0. The van der Waals surface area contributed by atoms with Crippen LogP contribution in [0.3, 0.4) is 0 Å². The molecule has 0 amide bonds. The highest BCUT2D eigenvalue weighted by atomic mass is 15.3. The van der Waals surface area contributed by atoms with Gasteiger partial charge in [-0.1, -0.05) is 32.1 Å². The lowest BCUT2D eigenvalue weighted by Gasteiger charge is -2.23. The van der Waals surface area contributed by atoms with E-state index in [-0.39, 0.29) is 6.04 Å². The van der Waals surface area contributed by atoms with Gasteiger partial charge in [0.15, 0.2) is 0 Å². The van der Waals surface area contributed by atoms with Crippen molar-refractivity contribution >= 4 is 0 Å². The summed E-state index contributed by atoms with van der Waals surface area (Å²) in [7, 11) is 2.02. The van der Waals surface area contributed by atoms with Gasteiger partial charge in [0.25, 0.3) is 0 Å². The Morgan fingerprint density at radius 1 is 1.47 bits per heavy atom. The van der Waals surface area contributed by atoms with Gasteiger partial charge in [-0.2, -0.15) is 0 Å². The number of aryl methyl sites for hydroxylation is 1. The van der Waals surface area contributed by atoms with Crippen molar-refractivity contribution in [2.45, 2.75) is 51.0 Å². The maximum atomic E-state index is 5.65. The molecule has 4 nitrogen and oxygen atoms in total. The van der Waals surface area contributed by atoms with E-state index in [0.717, 1.165) is 18.2 Å². The standard InChI is InChI=1S/C13H24N4/c1-17-10-9-15-13(17)12(16-14)8-7-11-5-3-2-4-6-11/h9-12,16H,2-8,14H2,1H3. The second kappa shape index (κ2) is 6.17. The molecule has 0 bridgehead atoms. The highest BCUT2D eigenvalue weighted by Gasteiger charge is 2.18. The van der Waals surface area contributed by atoms with Crippen molar-refractivity contribution in [3.05, 3.63) is 18.2 Å². The van der Waals surface area contributed by atoms with Gasteiger partial charge >= 0.3 is 0 Å². The zero-order valence-electron chi connectivity index (χ0n) is 10.7. The average molecular weight is 236 g/mol. The second-order valence-corrected chi connectivity index (χ2v) is 5.20. The van der Waals surface area contributed by atoms with E-state index in [1.807, 2.05) is 24.0 Å². The van der Waals surface area contributed by atoms with E-state index in [4.69, 9.17) is 5.84 Å². The number of rotatable bonds is 5. The summed E-state index contributed by atoms with van der Waals surface area (Å²) < 4.78 is 2.05. The number of aromatic nitrogens is 2. The Labute approximate surface area is 104 Å². The van der Waals surface area contributed by atoms with E-state index in [9.17, 15) is 0 Å². The van der Waals surface area contributed by atoms with Crippen LogP contribution in [-0.2, 0) is 7.05 Å². The third-order valence-electron chi connectivity index (χ3n) is 3.96. The molecule has 0 saturated heterocycles. The van der Waals surface area contributed by atoms with Gasteiger partial charge in [-0.3, -0.25) is 5.84 Å². The van der Waals surface area contributed by atoms with Crippen LogP contribution in [0, 0.1) is 5.92 Å². The molecule has 2 rings (SSSR count). The SMILES string of the molecule is Cn1ccnc1C(CCC1CCCCC1)NN. The van der Waals surface area contributed by atoms with E-state index in [0.29, 0.717) is 0 Å². The molecule has 1 aliphatic carbocycles. The molecule has 1 fully saturated rings. The zero-order chi connectivity index (χ0) is 12.1. The molecule has 1 aromatic rings. The van der Waals surface area contributed by atoms with E-state index in [2.05, 4.69) is 10.4 Å². The first-order valence-electron chi connectivity index (χ1n) is 6.74. The number of nitrogens with one attached hydrogen (secondary N) is 1. The molecule has 4 heteroatoms. The lowest BCUT2D eigenvalue weighted by molar-refractivity contribution is 0.311. The molecular weight excluding hydrogens is 212 g/mol. The largest absolute Gasteiger partial charge is 0.337 e. The quantitative estimate of drug-likeness (QED) is 0.609. The molecule has 0 spiro atoms. The molecule has 0 aliphatic heterocycles. The summed E-state index contributed by atoms with van der Waals surface area (Å²) in [5.74, 6) is 7.59.